The Labute approximate surface area is 241 Å². The van der Waals surface area contributed by atoms with Crippen molar-refractivity contribution in [3.05, 3.63) is 77.1 Å². The molecule has 1 N–H and O–H groups in total. The second-order valence-electron chi connectivity index (χ2n) is 12.3. The number of carbonyl (C=O) groups excluding carboxylic acids is 1. The maximum Gasteiger partial charge on any atom is 0.251 e. The number of methoxy groups -OCH3 is 1. The van der Waals surface area contributed by atoms with Crippen LogP contribution in [-0.2, 0) is 4.74 Å². The molecule has 0 unspecified atom stereocenters. The van der Waals surface area contributed by atoms with Gasteiger partial charge in [0.1, 0.15) is 11.4 Å². The fourth-order valence-electron chi connectivity index (χ4n) is 6.88. The molecule has 212 valence electrons. The molecular weight excluding hydrogens is 510 g/mol. The van der Waals surface area contributed by atoms with Crippen LogP contribution in [0.4, 0.5) is 0 Å². The third-order valence-corrected chi connectivity index (χ3v) is 9.13. The molecular formula is C35H39N3O3. The molecule has 1 saturated carbocycles. The number of aromatic nitrogens is 2. The van der Waals surface area contributed by atoms with Crippen LogP contribution in [0.25, 0.3) is 32.8 Å². The van der Waals surface area contributed by atoms with Crippen molar-refractivity contribution in [2.24, 2.45) is 11.8 Å². The Bertz CT molecular complexity index is 1740. The first-order valence-corrected chi connectivity index (χ1v) is 14.7. The van der Waals surface area contributed by atoms with E-state index in [1.807, 2.05) is 50.3 Å². The lowest BCUT2D eigenvalue weighted by Gasteiger charge is -2.49. The van der Waals surface area contributed by atoms with Crippen LogP contribution in [0, 0.1) is 11.8 Å². The molecule has 4 aromatic rings. The number of hydrogen-bond acceptors (Lipinski definition) is 5. The van der Waals surface area contributed by atoms with Gasteiger partial charge in [0.25, 0.3) is 5.91 Å². The molecule has 6 rings (SSSR count). The molecule has 1 aromatic heterocycles. The largest absolute Gasteiger partial charge is 0.501 e. The van der Waals surface area contributed by atoms with Gasteiger partial charge in [0.05, 0.1) is 34.9 Å². The van der Waals surface area contributed by atoms with Gasteiger partial charge in [-0.3, -0.25) is 4.79 Å². The smallest absolute Gasteiger partial charge is 0.251 e. The first-order valence-electron chi connectivity index (χ1n) is 14.7. The van der Waals surface area contributed by atoms with Crippen molar-refractivity contribution in [1.29, 1.82) is 0 Å². The molecule has 0 bridgehead atoms. The number of allylic oxidation sites excluding steroid dienone is 2. The monoisotopic (exact) mass is 549 g/mol. The lowest BCUT2D eigenvalue weighted by molar-refractivity contribution is -0.0115. The minimum atomic E-state index is -0.244. The fraction of sp³-hybridized carbons (Fsp3) is 0.400. The van der Waals surface area contributed by atoms with Gasteiger partial charge in [0, 0.05) is 34.4 Å². The number of carbonyl (C=O) groups is 1. The number of ether oxygens (including phenoxy) is 2. The number of nitrogens with zero attached hydrogens (tertiary/aromatic N) is 2. The van der Waals surface area contributed by atoms with E-state index in [1.54, 1.807) is 7.11 Å². The maximum absolute atomic E-state index is 13.1. The number of amides is 1. The Hall–Kier alpha value is -3.93. The Balaban J connectivity index is 1.46. The lowest BCUT2D eigenvalue weighted by atomic mass is 9.64. The second-order valence-corrected chi connectivity index (χ2v) is 12.3. The standard InChI is InChI=1S/C35H39N3O3/c1-7-22(17-21(3)40-6)19-36-34(39)23-13-15-28-29(18-23)38-31-24-10-8-9-11-25(24)33-30(32(31)37-28)26-16-20(2)12-14-27(26)35(4,5)41-33/h7-11,13,15,17-18,20,26-27H,12,14,16,19H2,1-6H3,(H,36,39)/b21-17+,22-7+/t20-,26-,27-/m0/s1. The number of benzene rings is 3. The molecule has 0 radical (unpaired) electrons. The highest BCUT2D eigenvalue weighted by molar-refractivity contribution is 6.11. The summed E-state index contributed by atoms with van der Waals surface area (Å²) >= 11 is 0. The van der Waals surface area contributed by atoms with Crippen molar-refractivity contribution in [2.75, 3.05) is 13.7 Å². The number of hydrogen-bond donors (Lipinski definition) is 1. The van der Waals surface area contributed by atoms with E-state index in [-0.39, 0.29) is 11.5 Å². The number of nitrogens with one attached hydrogen (secondary N) is 1. The van der Waals surface area contributed by atoms with Crippen LogP contribution in [0.3, 0.4) is 0 Å². The van der Waals surface area contributed by atoms with Crippen molar-refractivity contribution < 1.29 is 14.3 Å². The van der Waals surface area contributed by atoms with E-state index < -0.39 is 0 Å². The summed E-state index contributed by atoms with van der Waals surface area (Å²) in [5, 5.41) is 5.14. The van der Waals surface area contributed by atoms with Gasteiger partial charge in [0.15, 0.2) is 0 Å². The highest BCUT2D eigenvalue weighted by Crippen LogP contribution is 2.56. The van der Waals surface area contributed by atoms with Crippen LogP contribution in [0.1, 0.15) is 75.7 Å². The van der Waals surface area contributed by atoms with Crippen LogP contribution in [0.2, 0.25) is 0 Å². The molecule has 1 fully saturated rings. The molecule has 1 aliphatic heterocycles. The summed E-state index contributed by atoms with van der Waals surface area (Å²) in [6.45, 7) is 11.1. The quantitative estimate of drug-likeness (QED) is 0.119. The van der Waals surface area contributed by atoms with Gasteiger partial charge in [-0.2, -0.15) is 0 Å². The minimum absolute atomic E-state index is 0.151. The van der Waals surface area contributed by atoms with Crippen LogP contribution >= 0.6 is 0 Å². The molecule has 2 aliphatic rings. The Morgan fingerprint density at radius 1 is 1.10 bits per heavy atom. The summed E-state index contributed by atoms with van der Waals surface area (Å²) in [7, 11) is 1.64. The first-order chi connectivity index (χ1) is 19.7. The molecule has 3 aromatic carbocycles. The number of rotatable bonds is 5. The van der Waals surface area contributed by atoms with E-state index in [9.17, 15) is 4.79 Å². The van der Waals surface area contributed by atoms with E-state index in [2.05, 4.69) is 44.3 Å². The molecule has 1 aliphatic carbocycles. The molecule has 0 saturated heterocycles. The zero-order chi connectivity index (χ0) is 28.9. The van der Waals surface area contributed by atoms with Gasteiger partial charge >= 0.3 is 0 Å². The van der Waals surface area contributed by atoms with E-state index in [0.29, 0.717) is 35.4 Å². The summed E-state index contributed by atoms with van der Waals surface area (Å²) in [5.41, 5.74) is 5.80. The molecule has 41 heavy (non-hydrogen) atoms. The van der Waals surface area contributed by atoms with Gasteiger partial charge in [-0.05, 0) is 82.2 Å². The fourth-order valence-corrected chi connectivity index (χ4v) is 6.88. The molecule has 3 atom stereocenters. The SMILES string of the molecule is C/C=C(\C=C(/C)OC)CNC(=O)c1ccc2nc3c4c(c5ccccc5c3nc2c1)OC(C)(C)[C@H]1CC[C@H](C)C[C@H]41. The predicted molar refractivity (Wildman–Crippen MR) is 165 cm³/mol. The molecule has 2 heterocycles. The van der Waals surface area contributed by atoms with Crippen LogP contribution < -0.4 is 10.1 Å². The Morgan fingerprint density at radius 2 is 1.85 bits per heavy atom. The summed E-state index contributed by atoms with van der Waals surface area (Å²) < 4.78 is 12.1. The summed E-state index contributed by atoms with van der Waals surface area (Å²) in [5.74, 6) is 3.07. The van der Waals surface area contributed by atoms with E-state index >= 15 is 0 Å². The Morgan fingerprint density at radius 3 is 2.61 bits per heavy atom. The van der Waals surface area contributed by atoms with Gasteiger partial charge in [0.2, 0.25) is 0 Å². The second kappa shape index (κ2) is 10.5. The zero-order valence-electron chi connectivity index (χ0n) is 24.9. The van der Waals surface area contributed by atoms with Crippen LogP contribution in [-0.4, -0.2) is 35.1 Å². The first kappa shape index (κ1) is 27.3. The normalized spacial score (nSPS) is 22.2. The predicted octanol–water partition coefficient (Wildman–Crippen LogP) is 7.85. The van der Waals surface area contributed by atoms with Gasteiger partial charge in [-0.25, -0.2) is 9.97 Å². The van der Waals surface area contributed by atoms with Gasteiger partial charge < -0.3 is 14.8 Å². The Kier molecular flexibility index (Phi) is 6.96. The van der Waals surface area contributed by atoms with Gasteiger partial charge in [-0.1, -0.05) is 43.7 Å². The number of fused-ring (bicyclic) bond motifs is 9. The topological polar surface area (TPSA) is 73.3 Å². The third-order valence-electron chi connectivity index (χ3n) is 9.13. The molecule has 6 heteroatoms. The van der Waals surface area contributed by atoms with Gasteiger partial charge in [-0.15, -0.1) is 0 Å². The highest BCUT2D eigenvalue weighted by Gasteiger charge is 2.47. The maximum atomic E-state index is 13.1. The average molecular weight is 550 g/mol. The summed E-state index contributed by atoms with van der Waals surface area (Å²) in [6.07, 6.45) is 7.40. The van der Waals surface area contributed by atoms with Crippen molar-refractivity contribution in [3.63, 3.8) is 0 Å². The average Bonchev–Trinajstić information content (AvgIpc) is 2.97. The van der Waals surface area contributed by atoms with E-state index in [1.165, 1.54) is 12.0 Å². The third kappa shape index (κ3) is 4.83. The van der Waals surface area contributed by atoms with E-state index in [4.69, 9.17) is 19.4 Å². The van der Waals surface area contributed by atoms with Crippen LogP contribution in [0.5, 0.6) is 5.75 Å². The van der Waals surface area contributed by atoms with Crippen molar-refractivity contribution >= 4 is 38.7 Å². The van der Waals surface area contributed by atoms with Crippen LogP contribution in [0.15, 0.2) is 65.9 Å². The summed E-state index contributed by atoms with van der Waals surface area (Å²) in [4.78, 5) is 23.5. The van der Waals surface area contributed by atoms with Crippen molar-refractivity contribution in [2.45, 2.75) is 65.4 Å². The summed E-state index contributed by atoms with van der Waals surface area (Å²) in [6, 6.07) is 14.0. The van der Waals surface area contributed by atoms with Crippen molar-refractivity contribution in [1.82, 2.24) is 15.3 Å². The minimum Gasteiger partial charge on any atom is -0.501 e. The molecule has 6 nitrogen and oxygen atoms in total. The molecule has 0 spiro atoms. The highest BCUT2D eigenvalue weighted by atomic mass is 16.5. The molecule has 1 amide bonds. The lowest BCUT2D eigenvalue weighted by Crippen LogP contribution is -2.46. The zero-order valence-corrected chi connectivity index (χ0v) is 24.9. The van der Waals surface area contributed by atoms with Crippen molar-refractivity contribution in [3.8, 4) is 5.75 Å². The van der Waals surface area contributed by atoms with E-state index in [0.717, 1.165) is 57.2 Å².